The molecule has 1 unspecified atom stereocenters. The first-order valence-corrected chi connectivity index (χ1v) is 4.51. The monoisotopic (exact) mass is 223 g/mol. The number of nitrogens with one attached hydrogen (secondary N) is 3. The smallest absolute Gasteiger partial charge is 0.257 e. The van der Waals surface area contributed by atoms with Crippen molar-refractivity contribution < 1.29 is 14.4 Å². The van der Waals surface area contributed by atoms with Crippen LogP contribution in [0.3, 0.4) is 0 Å². The molecule has 1 aromatic rings. The zero-order chi connectivity index (χ0) is 11.7. The van der Waals surface area contributed by atoms with E-state index in [1.54, 1.807) is 0 Å². The number of nitrogen functional groups attached to an aromatic ring is 1. The minimum atomic E-state index is -0.839. The summed E-state index contributed by atoms with van der Waals surface area (Å²) in [6, 6.07) is -0.839. The van der Waals surface area contributed by atoms with Gasteiger partial charge in [0.1, 0.15) is 17.4 Å². The summed E-state index contributed by atoms with van der Waals surface area (Å²) in [5.74, 6) is -1.35. The highest BCUT2D eigenvalue weighted by molar-refractivity contribution is 6.08. The first kappa shape index (κ1) is 10.1. The predicted molar refractivity (Wildman–Crippen MR) is 52.0 cm³/mol. The number of carbonyl (C=O) groups excluding carboxylic acids is 3. The zero-order valence-corrected chi connectivity index (χ0v) is 8.11. The summed E-state index contributed by atoms with van der Waals surface area (Å²) in [4.78, 5) is 33.6. The van der Waals surface area contributed by atoms with Crippen LogP contribution in [0, 0.1) is 0 Å². The number of carbonyl (C=O) groups is 3. The van der Waals surface area contributed by atoms with Crippen LogP contribution in [0.4, 0.5) is 5.82 Å². The van der Waals surface area contributed by atoms with Crippen molar-refractivity contribution in [3.8, 4) is 0 Å². The summed E-state index contributed by atoms with van der Waals surface area (Å²) in [7, 11) is 0. The van der Waals surface area contributed by atoms with Crippen molar-refractivity contribution in [3.05, 3.63) is 11.8 Å². The van der Waals surface area contributed by atoms with E-state index >= 15 is 0 Å². The van der Waals surface area contributed by atoms with Crippen LogP contribution in [0.1, 0.15) is 16.8 Å². The first-order valence-electron chi connectivity index (χ1n) is 4.51. The molecule has 2 heterocycles. The van der Waals surface area contributed by atoms with E-state index in [0.29, 0.717) is 0 Å². The van der Waals surface area contributed by atoms with Crippen LogP contribution < -0.4 is 16.4 Å². The topological polar surface area (TPSA) is 130 Å². The number of hydrogen-bond donors (Lipinski definition) is 4. The molecule has 1 saturated heterocycles. The number of aromatic nitrogens is 2. The van der Waals surface area contributed by atoms with E-state index in [1.807, 2.05) is 0 Å². The van der Waals surface area contributed by atoms with Gasteiger partial charge in [-0.1, -0.05) is 0 Å². The minimum Gasteiger partial charge on any atom is -0.383 e. The fraction of sp³-hybridized carbons (Fsp3) is 0.250. The molecule has 84 valence electrons. The summed E-state index contributed by atoms with van der Waals surface area (Å²) in [5.41, 5.74) is 5.58. The van der Waals surface area contributed by atoms with Gasteiger partial charge in [-0.3, -0.25) is 24.8 Å². The first-order chi connectivity index (χ1) is 7.58. The number of aromatic amines is 1. The Morgan fingerprint density at radius 1 is 1.56 bits per heavy atom. The van der Waals surface area contributed by atoms with Crippen molar-refractivity contribution >= 4 is 23.5 Å². The number of nitrogens with zero attached hydrogens (tertiary/aromatic N) is 1. The van der Waals surface area contributed by atoms with Gasteiger partial charge in [-0.15, -0.1) is 0 Å². The average molecular weight is 223 g/mol. The van der Waals surface area contributed by atoms with E-state index in [9.17, 15) is 14.4 Å². The molecule has 1 atom stereocenters. The summed E-state index contributed by atoms with van der Waals surface area (Å²) >= 11 is 0. The van der Waals surface area contributed by atoms with E-state index in [0.717, 1.165) is 0 Å². The van der Waals surface area contributed by atoms with E-state index < -0.39 is 23.8 Å². The highest BCUT2D eigenvalue weighted by Gasteiger charge is 2.32. The number of imide groups is 1. The molecule has 1 aromatic heterocycles. The number of amides is 3. The molecular formula is C8H9N5O3. The van der Waals surface area contributed by atoms with Crippen molar-refractivity contribution in [2.45, 2.75) is 12.5 Å². The van der Waals surface area contributed by atoms with Crippen LogP contribution in [0.5, 0.6) is 0 Å². The second-order valence-electron chi connectivity index (χ2n) is 3.34. The normalized spacial score (nSPS) is 19.6. The molecule has 0 spiro atoms. The highest BCUT2D eigenvalue weighted by Crippen LogP contribution is 2.08. The third kappa shape index (κ3) is 1.72. The van der Waals surface area contributed by atoms with Crippen LogP contribution >= 0.6 is 0 Å². The van der Waals surface area contributed by atoms with Crippen molar-refractivity contribution in [1.82, 2.24) is 20.8 Å². The standard InChI is InChI=1S/C8H9N5O3/c9-6-3(2-10-13-6)7(15)11-4-1-5(14)12-8(4)16/h2,4H,1H2,(H,11,15)(H3,9,10,13)(H,12,14,16). The Morgan fingerprint density at radius 2 is 2.31 bits per heavy atom. The molecule has 0 aromatic carbocycles. The molecule has 5 N–H and O–H groups in total. The van der Waals surface area contributed by atoms with E-state index in [1.165, 1.54) is 6.20 Å². The van der Waals surface area contributed by atoms with Gasteiger partial charge in [0.25, 0.3) is 5.91 Å². The molecule has 0 radical (unpaired) electrons. The SMILES string of the molecule is Nc1[nH]ncc1C(=O)NC1CC(=O)NC1=O. The van der Waals surface area contributed by atoms with Crippen LogP contribution in [-0.2, 0) is 9.59 Å². The van der Waals surface area contributed by atoms with Gasteiger partial charge in [0.05, 0.1) is 12.6 Å². The number of rotatable bonds is 2. The van der Waals surface area contributed by atoms with Crippen molar-refractivity contribution in [1.29, 1.82) is 0 Å². The molecule has 8 heteroatoms. The van der Waals surface area contributed by atoms with Gasteiger partial charge in [-0.25, -0.2) is 0 Å². The zero-order valence-electron chi connectivity index (χ0n) is 8.11. The molecule has 3 amide bonds. The largest absolute Gasteiger partial charge is 0.383 e. The molecule has 1 aliphatic rings. The van der Waals surface area contributed by atoms with Gasteiger partial charge < -0.3 is 11.1 Å². The summed E-state index contributed by atoms with van der Waals surface area (Å²) < 4.78 is 0. The average Bonchev–Trinajstić information content (AvgIpc) is 2.74. The van der Waals surface area contributed by atoms with Crippen molar-refractivity contribution in [2.24, 2.45) is 0 Å². The summed E-state index contributed by atoms with van der Waals surface area (Å²) in [5, 5.41) is 10.4. The Morgan fingerprint density at radius 3 is 2.81 bits per heavy atom. The van der Waals surface area contributed by atoms with Crippen molar-refractivity contribution in [3.63, 3.8) is 0 Å². The predicted octanol–water partition coefficient (Wildman–Crippen LogP) is -1.86. The molecule has 0 bridgehead atoms. The van der Waals surface area contributed by atoms with E-state index in [4.69, 9.17) is 5.73 Å². The van der Waals surface area contributed by atoms with Crippen LogP contribution in [0.15, 0.2) is 6.20 Å². The van der Waals surface area contributed by atoms with Gasteiger partial charge >= 0.3 is 0 Å². The van der Waals surface area contributed by atoms with E-state index in [2.05, 4.69) is 20.8 Å². The molecule has 0 aliphatic carbocycles. The Kier molecular flexibility index (Phi) is 2.31. The minimum absolute atomic E-state index is 0.0532. The number of nitrogens with two attached hydrogens (primary N) is 1. The van der Waals surface area contributed by atoms with E-state index in [-0.39, 0.29) is 17.8 Å². The molecule has 1 aliphatic heterocycles. The summed E-state index contributed by atoms with van der Waals surface area (Å²) in [6.07, 6.45) is 1.20. The number of H-pyrrole nitrogens is 1. The van der Waals surface area contributed by atoms with Crippen LogP contribution in [0.2, 0.25) is 0 Å². The summed E-state index contributed by atoms with van der Waals surface area (Å²) in [6.45, 7) is 0. The third-order valence-electron chi connectivity index (χ3n) is 2.19. The molecular weight excluding hydrogens is 214 g/mol. The molecule has 1 fully saturated rings. The lowest BCUT2D eigenvalue weighted by Crippen LogP contribution is -2.40. The lowest BCUT2D eigenvalue weighted by molar-refractivity contribution is -0.125. The Bertz CT molecular complexity index is 466. The maximum absolute atomic E-state index is 11.6. The Labute approximate surface area is 89.6 Å². The molecule has 2 rings (SSSR count). The fourth-order valence-electron chi connectivity index (χ4n) is 1.38. The van der Waals surface area contributed by atoms with Crippen LogP contribution in [0.25, 0.3) is 0 Å². The van der Waals surface area contributed by atoms with Gasteiger partial charge in [-0.2, -0.15) is 5.10 Å². The second kappa shape index (κ2) is 3.65. The van der Waals surface area contributed by atoms with Crippen LogP contribution in [-0.4, -0.2) is 34.0 Å². The maximum Gasteiger partial charge on any atom is 0.257 e. The number of hydrogen-bond acceptors (Lipinski definition) is 5. The van der Waals surface area contributed by atoms with Gasteiger partial charge in [0.2, 0.25) is 11.8 Å². The third-order valence-corrected chi connectivity index (χ3v) is 2.19. The Balaban J connectivity index is 2.06. The van der Waals surface area contributed by atoms with Gasteiger partial charge in [0, 0.05) is 0 Å². The van der Waals surface area contributed by atoms with Crippen molar-refractivity contribution in [2.75, 3.05) is 5.73 Å². The Hall–Kier alpha value is -2.38. The lowest BCUT2D eigenvalue weighted by atomic mass is 10.2. The maximum atomic E-state index is 11.6. The molecule has 0 saturated carbocycles. The fourth-order valence-corrected chi connectivity index (χ4v) is 1.38. The second-order valence-corrected chi connectivity index (χ2v) is 3.34. The highest BCUT2D eigenvalue weighted by atomic mass is 16.2. The molecule has 16 heavy (non-hydrogen) atoms. The lowest BCUT2D eigenvalue weighted by Gasteiger charge is -2.07. The quantitative estimate of drug-likeness (QED) is 0.437. The number of anilines is 1. The molecule has 8 nitrogen and oxygen atoms in total. The van der Waals surface area contributed by atoms with Gasteiger partial charge in [0.15, 0.2) is 0 Å². The van der Waals surface area contributed by atoms with Gasteiger partial charge in [-0.05, 0) is 0 Å².